The molecule has 1 saturated heterocycles. The molecule has 0 spiro atoms. The molecule has 0 radical (unpaired) electrons. The summed E-state index contributed by atoms with van der Waals surface area (Å²) in [7, 11) is 0. The van der Waals surface area contributed by atoms with Gasteiger partial charge < -0.3 is 10.4 Å². The summed E-state index contributed by atoms with van der Waals surface area (Å²) in [6.45, 7) is 1.45. The van der Waals surface area contributed by atoms with Crippen LogP contribution in [0.1, 0.15) is 29.3 Å². The lowest BCUT2D eigenvalue weighted by Crippen LogP contribution is -2.44. The summed E-state index contributed by atoms with van der Waals surface area (Å²) >= 11 is 1.61. The first kappa shape index (κ1) is 17.6. The number of nitrogens with one attached hydrogen (secondary N) is 1. The molecule has 1 amide bonds. The Hall–Kier alpha value is -2.18. The van der Waals surface area contributed by atoms with Gasteiger partial charge in [-0.2, -0.15) is 0 Å². The van der Waals surface area contributed by atoms with E-state index in [1.807, 2.05) is 52.7 Å². The van der Waals surface area contributed by atoms with Gasteiger partial charge in [-0.15, -0.1) is 11.3 Å². The van der Waals surface area contributed by atoms with Crippen molar-refractivity contribution in [2.24, 2.45) is 5.92 Å². The Labute approximate surface area is 151 Å². The van der Waals surface area contributed by atoms with Gasteiger partial charge in [0.25, 0.3) is 0 Å². The smallest absolute Gasteiger partial charge is 0.307 e. The van der Waals surface area contributed by atoms with Crippen LogP contribution in [0.5, 0.6) is 0 Å². The minimum absolute atomic E-state index is 0.0757. The van der Waals surface area contributed by atoms with Crippen LogP contribution in [-0.4, -0.2) is 41.5 Å². The van der Waals surface area contributed by atoms with E-state index in [1.165, 1.54) is 0 Å². The third kappa shape index (κ3) is 4.67. The standard InChI is InChI=1S/C19H22N2O3S/c22-17(13-21-10-4-8-15(12-21)19(23)24)20-18(16-9-5-11-25-16)14-6-2-1-3-7-14/h1-3,5-7,9,11,15,18H,4,8,10,12-13H2,(H,20,22)(H,23,24). The second-order valence-electron chi connectivity index (χ2n) is 6.34. The van der Waals surface area contributed by atoms with Crippen molar-refractivity contribution in [2.75, 3.05) is 19.6 Å². The largest absolute Gasteiger partial charge is 0.481 e. The average Bonchev–Trinajstić information content (AvgIpc) is 3.15. The van der Waals surface area contributed by atoms with Crippen LogP contribution < -0.4 is 5.32 Å². The molecule has 2 N–H and O–H groups in total. The van der Waals surface area contributed by atoms with Crippen molar-refractivity contribution in [3.05, 3.63) is 58.3 Å². The predicted molar refractivity (Wildman–Crippen MR) is 97.5 cm³/mol. The Kier molecular flexibility index (Phi) is 5.83. The average molecular weight is 358 g/mol. The third-order valence-electron chi connectivity index (χ3n) is 4.49. The minimum atomic E-state index is -0.772. The molecule has 1 aliphatic rings. The van der Waals surface area contributed by atoms with Gasteiger partial charge in [0.1, 0.15) is 0 Å². The molecule has 3 rings (SSSR count). The molecule has 132 valence electrons. The van der Waals surface area contributed by atoms with Crippen LogP contribution in [0, 0.1) is 5.92 Å². The van der Waals surface area contributed by atoms with E-state index in [0.717, 1.165) is 23.4 Å². The first-order valence-corrected chi connectivity index (χ1v) is 9.34. The maximum absolute atomic E-state index is 12.6. The number of nitrogens with zero attached hydrogens (tertiary/aromatic N) is 1. The van der Waals surface area contributed by atoms with Gasteiger partial charge in [0, 0.05) is 11.4 Å². The summed E-state index contributed by atoms with van der Waals surface area (Å²) < 4.78 is 0. The van der Waals surface area contributed by atoms with Gasteiger partial charge in [-0.05, 0) is 36.4 Å². The molecule has 6 heteroatoms. The van der Waals surface area contributed by atoms with Crippen LogP contribution in [-0.2, 0) is 9.59 Å². The number of thiophene rings is 1. The fraction of sp³-hybridized carbons (Fsp3) is 0.368. The van der Waals surface area contributed by atoms with Crippen LogP contribution in [0.4, 0.5) is 0 Å². The molecule has 2 aromatic rings. The van der Waals surface area contributed by atoms with Crippen molar-refractivity contribution in [2.45, 2.75) is 18.9 Å². The van der Waals surface area contributed by atoms with E-state index in [2.05, 4.69) is 5.32 Å². The highest BCUT2D eigenvalue weighted by Crippen LogP contribution is 2.26. The van der Waals surface area contributed by atoms with E-state index < -0.39 is 5.97 Å². The second kappa shape index (κ2) is 8.27. The van der Waals surface area contributed by atoms with Crippen molar-refractivity contribution < 1.29 is 14.7 Å². The normalized spacial score (nSPS) is 19.3. The lowest BCUT2D eigenvalue weighted by atomic mass is 9.98. The molecular weight excluding hydrogens is 336 g/mol. The molecule has 2 unspecified atom stereocenters. The van der Waals surface area contributed by atoms with Crippen LogP contribution in [0.2, 0.25) is 0 Å². The molecule has 1 aromatic heterocycles. The van der Waals surface area contributed by atoms with Crippen molar-refractivity contribution in [1.82, 2.24) is 10.2 Å². The first-order valence-electron chi connectivity index (χ1n) is 8.46. The van der Waals surface area contributed by atoms with Gasteiger partial charge in [-0.3, -0.25) is 14.5 Å². The molecule has 0 bridgehead atoms. The number of rotatable bonds is 6. The SMILES string of the molecule is O=C(CN1CCCC(C(=O)O)C1)NC(c1ccccc1)c1cccs1. The summed E-state index contributed by atoms with van der Waals surface area (Å²) in [4.78, 5) is 26.8. The molecule has 1 aromatic carbocycles. The van der Waals surface area contributed by atoms with E-state index in [4.69, 9.17) is 0 Å². The Morgan fingerprint density at radius 3 is 2.72 bits per heavy atom. The Morgan fingerprint density at radius 1 is 1.24 bits per heavy atom. The van der Waals surface area contributed by atoms with Crippen molar-refractivity contribution in [1.29, 1.82) is 0 Å². The summed E-state index contributed by atoms with van der Waals surface area (Å²) in [6, 6.07) is 13.7. The Balaban J connectivity index is 1.66. The number of carbonyl (C=O) groups is 2. The molecule has 2 heterocycles. The lowest BCUT2D eigenvalue weighted by molar-refractivity contribution is -0.144. The number of hydrogen-bond acceptors (Lipinski definition) is 4. The van der Waals surface area contributed by atoms with E-state index in [1.54, 1.807) is 11.3 Å². The maximum Gasteiger partial charge on any atom is 0.307 e. The number of carboxylic acids is 1. The highest BCUT2D eigenvalue weighted by Gasteiger charge is 2.27. The molecule has 1 fully saturated rings. The van der Waals surface area contributed by atoms with E-state index in [0.29, 0.717) is 13.0 Å². The fourth-order valence-electron chi connectivity index (χ4n) is 3.23. The monoisotopic (exact) mass is 358 g/mol. The zero-order valence-electron chi connectivity index (χ0n) is 13.9. The van der Waals surface area contributed by atoms with Gasteiger partial charge >= 0.3 is 5.97 Å². The number of amides is 1. The summed E-state index contributed by atoms with van der Waals surface area (Å²) in [5.74, 6) is -1.22. The van der Waals surface area contributed by atoms with E-state index in [-0.39, 0.29) is 24.4 Å². The molecule has 25 heavy (non-hydrogen) atoms. The minimum Gasteiger partial charge on any atom is -0.481 e. The third-order valence-corrected chi connectivity index (χ3v) is 5.43. The topological polar surface area (TPSA) is 69.6 Å². The van der Waals surface area contributed by atoms with Crippen LogP contribution in [0.3, 0.4) is 0 Å². The molecular formula is C19H22N2O3S. The lowest BCUT2D eigenvalue weighted by Gasteiger charge is -2.30. The van der Waals surface area contributed by atoms with Crippen LogP contribution >= 0.6 is 11.3 Å². The van der Waals surface area contributed by atoms with Gasteiger partial charge in [0.05, 0.1) is 18.5 Å². The highest BCUT2D eigenvalue weighted by molar-refractivity contribution is 7.10. The molecule has 0 aliphatic carbocycles. The van der Waals surface area contributed by atoms with Gasteiger partial charge in [0.15, 0.2) is 0 Å². The first-order chi connectivity index (χ1) is 12.1. The summed E-state index contributed by atoms with van der Waals surface area (Å²) in [6.07, 6.45) is 1.51. The summed E-state index contributed by atoms with van der Waals surface area (Å²) in [5, 5.41) is 14.3. The number of aliphatic carboxylic acids is 1. The van der Waals surface area contributed by atoms with Gasteiger partial charge in [-0.1, -0.05) is 36.4 Å². The van der Waals surface area contributed by atoms with Gasteiger partial charge in [0.2, 0.25) is 5.91 Å². The number of carbonyl (C=O) groups excluding carboxylic acids is 1. The maximum atomic E-state index is 12.6. The second-order valence-corrected chi connectivity index (χ2v) is 7.32. The quantitative estimate of drug-likeness (QED) is 0.833. The van der Waals surface area contributed by atoms with Crippen LogP contribution in [0.15, 0.2) is 47.8 Å². The number of carboxylic acid groups (broad SMARTS) is 1. The Morgan fingerprint density at radius 2 is 2.04 bits per heavy atom. The zero-order chi connectivity index (χ0) is 17.6. The zero-order valence-corrected chi connectivity index (χ0v) is 14.7. The fourth-order valence-corrected chi connectivity index (χ4v) is 4.03. The molecule has 0 saturated carbocycles. The molecule has 1 aliphatic heterocycles. The molecule has 2 atom stereocenters. The molecule has 5 nitrogen and oxygen atoms in total. The number of piperidine rings is 1. The number of likely N-dealkylation sites (tertiary alicyclic amines) is 1. The van der Waals surface area contributed by atoms with E-state index >= 15 is 0 Å². The van der Waals surface area contributed by atoms with Crippen molar-refractivity contribution in [3.63, 3.8) is 0 Å². The summed E-state index contributed by atoms with van der Waals surface area (Å²) in [5.41, 5.74) is 1.04. The predicted octanol–water partition coefficient (Wildman–Crippen LogP) is 2.75. The highest BCUT2D eigenvalue weighted by atomic mass is 32.1. The number of benzene rings is 1. The number of hydrogen-bond donors (Lipinski definition) is 2. The Bertz CT molecular complexity index is 703. The van der Waals surface area contributed by atoms with E-state index in [9.17, 15) is 14.7 Å². The van der Waals surface area contributed by atoms with Crippen molar-refractivity contribution >= 4 is 23.2 Å². The van der Waals surface area contributed by atoms with Crippen molar-refractivity contribution in [3.8, 4) is 0 Å². The van der Waals surface area contributed by atoms with Crippen LogP contribution in [0.25, 0.3) is 0 Å². The van der Waals surface area contributed by atoms with Gasteiger partial charge in [-0.25, -0.2) is 0 Å².